The van der Waals surface area contributed by atoms with E-state index in [1.807, 2.05) is 0 Å². The van der Waals surface area contributed by atoms with Crippen LogP contribution in [0.4, 0.5) is 36.1 Å². The molecule has 0 saturated carbocycles. The maximum Gasteiger partial charge on any atom is 0.417 e. The summed E-state index contributed by atoms with van der Waals surface area (Å²) in [6, 6.07) is 14.4. The molecule has 1 aromatic heterocycles. The maximum absolute atomic E-state index is 12.7. The summed E-state index contributed by atoms with van der Waals surface area (Å²) in [5.41, 5.74) is 1.48. The van der Waals surface area contributed by atoms with E-state index >= 15 is 0 Å². The third-order valence-electron chi connectivity index (χ3n) is 4.58. The van der Waals surface area contributed by atoms with Crippen LogP contribution in [0.1, 0.15) is 15.9 Å². The van der Waals surface area contributed by atoms with Gasteiger partial charge in [-0.2, -0.15) is 13.2 Å². The van der Waals surface area contributed by atoms with Crippen molar-refractivity contribution in [3.05, 3.63) is 71.9 Å². The summed E-state index contributed by atoms with van der Waals surface area (Å²) in [5.74, 6) is 0.384. The highest BCUT2D eigenvalue weighted by molar-refractivity contribution is 5.97. The summed E-state index contributed by atoms with van der Waals surface area (Å²) in [5, 5.41) is 3.15. The van der Waals surface area contributed by atoms with Crippen LogP contribution >= 0.6 is 0 Å². The van der Waals surface area contributed by atoms with Crippen molar-refractivity contribution >= 4 is 28.8 Å². The van der Waals surface area contributed by atoms with E-state index in [1.165, 1.54) is 20.3 Å². The van der Waals surface area contributed by atoms with Gasteiger partial charge in [0.25, 0.3) is 0 Å². The van der Waals surface area contributed by atoms with E-state index in [-0.39, 0.29) is 0 Å². The molecular formula is C22H20F3N3O3. The van der Waals surface area contributed by atoms with Crippen LogP contribution in [0.15, 0.2) is 60.8 Å². The zero-order chi connectivity index (χ0) is 22.6. The zero-order valence-corrected chi connectivity index (χ0v) is 17.0. The Morgan fingerprint density at radius 3 is 2.29 bits per heavy atom. The molecule has 3 rings (SSSR count). The van der Waals surface area contributed by atoms with Gasteiger partial charge in [-0.25, -0.2) is 9.78 Å². The molecular weight excluding hydrogens is 411 g/mol. The molecule has 1 heterocycles. The normalized spacial score (nSPS) is 11.0. The number of esters is 1. The lowest BCUT2D eigenvalue weighted by Gasteiger charge is -2.19. The summed E-state index contributed by atoms with van der Waals surface area (Å²) in [4.78, 5) is 17.6. The second-order valence-corrected chi connectivity index (χ2v) is 6.54. The first-order valence-corrected chi connectivity index (χ1v) is 9.13. The van der Waals surface area contributed by atoms with Crippen LogP contribution in [-0.2, 0) is 10.9 Å². The highest BCUT2D eigenvalue weighted by Crippen LogP contribution is 2.31. The Labute approximate surface area is 177 Å². The number of rotatable bonds is 6. The molecule has 31 heavy (non-hydrogen) atoms. The number of pyridine rings is 1. The van der Waals surface area contributed by atoms with Gasteiger partial charge in [-0.05, 0) is 54.6 Å². The number of nitrogens with zero attached hydrogens (tertiary/aromatic N) is 2. The van der Waals surface area contributed by atoms with Gasteiger partial charge in [0, 0.05) is 24.6 Å². The smallest absolute Gasteiger partial charge is 0.417 e. The quantitative estimate of drug-likeness (QED) is 0.527. The number of aromatic nitrogens is 1. The van der Waals surface area contributed by atoms with Crippen molar-refractivity contribution in [3.8, 4) is 5.75 Å². The summed E-state index contributed by atoms with van der Waals surface area (Å²) < 4.78 is 48.1. The van der Waals surface area contributed by atoms with Gasteiger partial charge in [-0.1, -0.05) is 0 Å². The fraction of sp³-hybridized carbons (Fsp3) is 0.182. The Morgan fingerprint density at radius 2 is 1.74 bits per heavy atom. The largest absolute Gasteiger partial charge is 0.497 e. The minimum absolute atomic E-state index is 0.317. The van der Waals surface area contributed by atoms with E-state index in [2.05, 4.69) is 10.3 Å². The van der Waals surface area contributed by atoms with E-state index < -0.39 is 17.7 Å². The van der Waals surface area contributed by atoms with Crippen LogP contribution in [0.3, 0.4) is 0 Å². The van der Waals surface area contributed by atoms with Crippen molar-refractivity contribution < 1.29 is 27.4 Å². The van der Waals surface area contributed by atoms with Crippen LogP contribution in [0, 0.1) is 0 Å². The lowest BCUT2D eigenvalue weighted by Crippen LogP contribution is -2.12. The number of hydrogen-bond acceptors (Lipinski definition) is 6. The maximum atomic E-state index is 12.7. The Morgan fingerprint density at radius 1 is 1.03 bits per heavy atom. The molecule has 0 atom stereocenters. The average molecular weight is 431 g/mol. The standard InChI is InChI=1S/C22H20F3N3O3/c1-28(20-11-4-14(13-26-20)22(23,24)25)16-7-5-15(6-8-16)27-19-10-9-17(30-2)12-18(19)21(29)31-3/h4-13,27H,1-3H3. The predicted molar refractivity (Wildman–Crippen MR) is 111 cm³/mol. The van der Waals surface area contributed by atoms with E-state index in [9.17, 15) is 18.0 Å². The van der Waals surface area contributed by atoms with Gasteiger partial charge in [0.05, 0.1) is 31.0 Å². The fourth-order valence-corrected chi connectivity index (χ4v) is 2.85. The van der Waals surface area contributed by atoms with E-state index in [0.29, 0.717) is 28.5 Å². The molecule has 6 nitrogen and oxygen atoms in total. The van der Waals surface area contributed by atoms with Crippen LogP contribution in [-0.4, -0.2) is 32.2 Å². The van der Waals surface area contributed by atoms with Crippen LogP contribution in [0.5, 0.6) is 5.75 Å². The van der Waals surface area contributed by atoms with E-state index in [0.717, 1.165) is 18.0 Å². The molecule has 0 spiro atoms. The van der Waals surface area contributed by atoms with Crippen LogP contribution in [0.2, 0.25) is 0 Å². The monoisotopic (exact) mass is 431 g/mol. The minimum Gasteiger partial charge on any atom is -0.497 e. The van der Waals surface area contributed by atoms with Crippen molar-refractivity contribution in [1.29, 1.82) is 0 Å². The lowest BCUT2D eigenvalue weighted by molar-refractivity contribution is -0.137. The topological polar surface area (TPSA) is 63.7 Å². The second-order valence-electron chi connectivity index (χ2n) is 6.54. The van der Waals surface area contributed by atoms with Crippen molar-refractivity contribution in [3.63, 3.8) is 0 Å². The second kappa shape index (κ2) is 8.95. The van der Waals surface area contributed by atoms with E-state index in [4.69, 9.17) is 9.47 Å². The third-order valence-corrected chi connectivity index (χ3v) is 4.58. The molecule has 162 valence electrons. The van der Waals surface area contributed by atoms with Crippen molar-refractivity contribution in [2.75, 3.05) is 31.5 Å². The number of anilines is 4. The Kier molecular flexibility index (Phi) is 6.33. The Balaban J connectivity index is 1.78. The molecule has 2 aromatic carbocycles. The number of carbonyl (C=O) groups excluding carboxylic acids is 1. The SMILES string of the molecule is COC(=O)c1cc(OC)ccc1Nc1ccc(N(C)c2ccc(C(F)(F)F)cn2)cc1. The molecule has 0 aliphatic rings. The van der Waals surface area contributed by atoms with Gasteiger partial charge in [0.1, 0.15) is 11.6 Å². The number of halogens is 3. The number of hydrogen-bond donors (Lipinski definition) is 1. The predicted octanol–water partition coefficient (Wildman–Crippen LogP) is 5.41. The number of nitrogens with one attached hydrogen (secondary N) is 1. The number of carbonyl (C=O) groups is 1. The van der Waals surface area contributed by atoms with Gasteiger partial charge in [0.15, 0.2) is 0 Å². The number of alkyl halides is 3. The lowest BCUT2D eigenvalue weighted by atomic mass is 10.1. The van der Waals surface area contributed by atoms with Gasteiger partial charge < -0.3 is 19.7 Å². The van der Waals surface area contributed by atoms with Gasteiger partial charge >= 0.3 is 12.1 Å². The highest BCUT2D eigenvalue weighted by atomic mass is 19.4. The summed E-state index contributed by atoms with van der Waals surface area (Å²) >= 11 is 0. The summed E-state index contributed by atoms with van der Waals surface area (Å²) in [7, 11) is 4.51. The first kappa shape index (κ1) is 21.9. The average Bonchev–Trinajstić information content (AvgIpc) is 2.78. The molecule has 1 N–H and O–H groups in total. The first-order chi connectivity index (χ1) is 14.7. The molecule has 9 heteroatoms. The minimum atomic E-state index is -4.43. The van der Waals surface area contributed by atoms with Crippen LogP contribution in [0.25, 0.3) is 0 Å². The Bertz CT molecular complexity index is 1050. The highest BCUT2D eigenvalue weighted by Gasteiger charge is 2.30. The Hall–Kier alpha value is -3.75. The van der Waals surface area contributed by atoms with Gasteiger partial charge in [0.2, 0.25) is 0 Å². The molecule has 0 aliphatic carbocycles. The van der Waals surface area contributed by atoms with Crippen LogP contribution < -0.4 is 15.0 Å². The molecule has 0 fully saturated rings. The van der Waals surface area contributed by atoms with Crippen molar-refractivity contribution in [1.82, 2.24) is 4.98 Å². The molecule has 0 radical (unpaired) electrons. The third kappa shape index (κ3) is 5.06. The molecule has 3 aromatic rings. The molecule has 0 bridgehead atoms. The number of methoxy groups -OCH3 is 2. The molecule has 0 aliphatic heterocycles. The molecule has 0 saturated heterocycles. The zero-order valence-electron chi connectivity index (χ0n) is 17.0. The number of benzene rings is 2. The summed E-state index contributed by atoms with van der Waals surface area (Å²) in [6.07, 6.45) is -3.62. The van der Waals surface area contributed by atoms with Crippen molar-refractivity contribution in [2.24, 2.45) is 0 Å². The van der Waals surface area contributed by atoms with Gasteiger partial charge in [-0.3, -0.25) is 0 Å². The molecule has 0 unspecified atom stereocenters. The van der Waals surface area contributed by atoms with Gasteiger partial charge in [-0.15, -0.1) is 0 Å². The summed E-state index contributed by atoms with van der Waals surface area (Å²) in [6.45, 7) is 0. The fourth-order valence-electron chi connectivity index (χ4n) is 2.85. The molecule has 0 amide bonds. The van der Waals surface area contributed by atoms with E-state index in [1.54, 1.807) is 54.4 Å². The first-order valence-electron chi connectivity index (χ1n) is 9.13. The van der Waals surface area contributed by atoms with Crippen molar-refractivity contribution in [2.45, 2.75) is 6.18 Å². The number of ether oxygens (including phenoxy) is 2.